The molecule has 0 aromatic heterocycles. The fourth-order valence-electron chi connectivity index (χ4n) is 1.79. The van der Waals surface area contributed by atoms with Gasteiger partial charge in [0.1, 0.15) is 0 Å². The maximum atomic E-state index is 12.2. The standard InChI is InChI=1S/C16H24N2O4/c1-3-8-17-15(19)13-6-4-5-7-14(13)16(20)18-9-10-22-12-11-21-2/h4-7H,3,8-12H2,1-2H3,(H,17,19)(H,18,20). The highest BCUT2D eigenvalue weighted by Gasteiger charge is 2.15. The summed E-state index contributed by atoms with van der Waals surface area (Å²) in [6.45, 7) is 4.36. The highest BCUT2D eigenvalue weighted by atomic mass is 16.5. The van der Waals surface area contributed by atoms with Crippen molar-refractivity contribution < 1.29 is 19.1 Å². The first kappa shape index (κ1) is 18.1. The van der Waals surface area contributed by atoms with Crippen LogP contribution in [0.4, 0.5) is 0 Å². The van der Waals surface area contributed by atoms with E-state index in [4.69, 9.17) is 9.47 Å². The minimum atomic E-state index is -0.280. The molecule has 0 atom stereocenters. The third-order valence-electron chi connectivity index (χ3n) is 2.92. The largest absolute Gasteiger partial charge is 0.382 e. The Kier molecular flexibility index (Phi) is 8.86. The average Bonchev–Trinajstić information content (AvgIpc) is 2.55. The van der Waals surface area contributed by atoms with Crippen LogP contribution < -0.4 is 10.6 Å². The zero-order valence-electron chi connectivity index (χ0n) is 13.2. The van der Waals surface area contributed by atoms with Gasteiger partial charge in [-0.05, 0) is 18.6 Å². The number of hydrogen-bond acceptors (Lipinski definition) is 4. The number of amides is 2. The molecule has 2 amide bonds. The van der Waals surface area contributed by atoms with E-state index in [1.807, 2.05) is 6.92 Å². The van der Waals surface area contributed by atoms with E-state index in [0.29, 0.717) is 44.0 Å². The summed E-state index contributed by atoms with van der Waals surface area (Å²) in [4.78, 5) is 24.2. The van der Waals surface area contributed by atoms with Crippen LogP contribution in [-0.4, -0.2) is 51.8 Å². The van der Waals surface area contributed by atoms with Crippen LogP contribution in [0.15, 0.2) is 24.3 Å². The average molecular weight is 308 g/mol. The van der Waals surface area contributed by atoms with E-state index in [1.54, 1.807) is 31.4 Å². The number of rotatable bonds is 10. The highest BCUT2D eigenvalue weighted by molar-refractivity contribution is 6.07. The molecular weight excluding hydrogens is 284 g/mol. The number of methoxy groups -OCH3 is 1. The van der Waals surface area contributed by atoms with Gasteiger partial charge in [-0.1, -0.05) is 19.1 Å². The Morgan fingerprint density at radius 3 is 2.09 bits per heavy atom. The van der Waals surface area contributed by atoms with Crippen molar-refractivity contribution in [3.05, 3.63) is 35.4 Å². The Hall–Kier alpha value is -1.92. The Morgan fingerprint density at radius 2 is 1.55 bits per heavy atom. The summed E-state index contributed by atoms with van der Waals surface area (Å²) >= 11 is 0. The van der Waals surface area contributed by atoms with Crippen molar-refractivity contribution >= 4 is 11.8 Å². The number of hydrogen-bond donors (Lipinski definition) is 2. The van der Waals surface area contributed by atoms with Crippen LogP contribution in [0.5, 0.6) is 0 Å². The molecule has 0 saturated heterocycles. The first-order valence-electron chi connectivity index (χ1n) is 7.42. The van der Waals surface area contributed by atoms with E-state index in [-0.39, 0.29) is 11.8 Å². The van der Waals surface area contributed by atoms with Crippen LogP contribution >= 0.6 is 0 Å². The number of carbonyl (C=O) groups excluding carboxylic acids is 2. The van der Waals surface area contributed by atoms with Crippen LogP contribution in [0.25, 0.3) is 0 Å². The molecule has 6 nitrogen and oxygen atoms in total. The van der Waals surface area contributed by atoms with Gasteiger partial charge in [0, 0.05) is 20.2 Å². The van der Waals surface area contributed by atoms with Gasteiger partial charge in [0.2, 0.25) is 0 Å². The molecule has 122 valence electrons. The van der Waals surface area contributed by atoms with E-state index < -0.39 is 0 Å². The van der Waals surface area contributed by atoms with Gasteiger partial charge in [-0.3, -0.25) is 9.59 Å². The second-order valence-electron chi connectivity index (χ2n) is 4.66. The van der Waals surface area contributed by atoms with Gasteiger partial charge in [0.25, 0.3) is 11.8 Å². The fourth-order valence-corrected chi connectivity index (χ4v) is 1.79. The van der Waals surface area contributed by atoms with Gasteiger partial charge < -0.3 is 20.1 Å². The summed E-state index contributed by atoms with van der Waals surface area (Å²) in [6.07, 6.45) is 0.846. The lowest BCUT2D eigenvalue weighted by molar-refractivity contribution is 0.0692. The van der Waals surface area contributed by atoms with Gasteiger partial charge in [-0.25, -0.2) is 0 Å². The zero-order valence-corrected chi connectivity index (χ0v) is 13.2. The summed E-state index contributed by atoms with van der Waals surface area (Å²) in [5.41, 5.74) is 0.752. The lowest BCUT2D eigenvalue weighted by Gasteiger charge is -2.10. The highest BCUT2D eigenvalue weighted by Crippen LogP contribution is 2.08. The molecule has 1 rings (SSSR count). The molecule has 0 fully saturated rings. The fraction of sp³-hybridized carbons (Fsp3) is 0.500. The Bertz CT molecular complexity index is 477. The van der Waals surface area contributed by atoms with Crippen LogP contribution in [0, 0.1) is 0 Å². The Labute approximate surface area is 131 Å². The molecule has 0 spiro atoms. The molecule has 0 radical (unpaired) electrons. The number of benzene rings is 1. The molecule has 22 heavy (non-hydrogen) atoms. The summed E-state index contributed by atoms with van der Waals surface area (Å²) in [5.74, 6) is -0.512. The van der Waals surface area contributed by atoms with E-state index in [2.05, 4.69) is 10.6 Å². The topological polar surface area (TPSA) is 76.7 Å². The van der Waals surface area contributed by atoms with Crippen LogP contribution in [0.3, 0.4) is 0 Å². The van der Waals surface area contributed by atoms with Crippen molar-refractivity contribution in [3.63, 3.8) is 0 Å². The second kappa shape index (κ2) is 10.8. The third-order valence-corrected chi connectivity index (χ3v) is 2.92. The van der Waals surface area contributed by atoms with Crippen LogP contribution in [-0.2, 0) is 9.47 Å². The molecule has 1 aromatic rings. The minimum Gasteiger partial charge on any atom is -0.382 e. The zero-order chi connectivity index (χ0) is 16.2. The molecule has 0 aliphatic rings. The smallest absolute Gasteiger partial charge is 0.252 e. The monoisotopic (exact) mass is 308 g/mol. The number of nitrogens with one attached hydrogen (secondary N) is 2. The van der Waals surface area contributed by atoms with Crippen molar-refractivity contribution in [1.29, 1.82) is 0 Å². The van der Waals surface area contributed by atoms with E-state index in [0.717, 1.165) is 6.42 Å². The molecule has 0 aliphatic carbocycles. The lowest BCUT2D eigenvalue weighted by Crippen LogP contribution is -2.31. The molecule has 1 aromatic carbocycles. The van der Waals surface area contributed by atoms with Crippen molar-refractivity contribution in [2.24, 2.45) is 0 Å². The molecular formula is C16H24N2O4. The number of carbonyl (C=O) groups is 2. The predicted octanol–water partition coefficient (Wildman–Crippen LogP) is 1.22. The van der Waals surface area contributed by atoms with Gasteiger partial charge in [-0.15, -0.1) is 0 Å². The maximum Gasteiger partial charge on any atom is 0.252 e. The van der Waals surface area contributed by atoms with Gasteiger partial charge in [-0.2, -0.15) is 0 Å². The lowest BCUT2D eigenvalue weighted by atomic mass is 10.1. The quantitative estimate of drug-likeness (QED) is 0.637. The van der Waals surface area contributed by atoms with E-state index >= 15 is 0 Å². The van der Waals surface area contributed by atoms with Crippen molar-refractivity contribution in [2.75, 3.05) is 40.0 Å². The van der Waals surface area contributed by atoms with Crippen LogP contribution in [0.2, 0.25) is 0 Å². The molecule has 0 unspecified atom stereocenters. The van der Waals surface area contributed by atoms with Gasteiger partial charge in [0.15, 0.2) is 0 Å². The first-order chi connectivity index (χ1) is 10.7. The summed E-state index contributed by atoms with van der Waals surface area (Å²) in [7, 11) is 1.60. The maximum absolute atomic E-state index is 12.2. The minimum absolute atomic E-state index is 0.232. The number of ether oxygens (including phenoxy) is 2. The van der Waals surface area contributed by atoms with Gasteiger partial charge in [0.05, 0.1) is 30.9 Å². The van der Waals surface area contributed by atoms with E-state index in [9.17, 15) is 9.59 Å². The second-order valence-corrected chi connectivity index (χ2v) is 4.66. The summed E-state index contributed by atoms with van der Waals surface area (Å²) in [5, 5.41) is 5.52. The SMILES string of the molecule is CCCNC(=O)c1ccccc1C(=O)NCCOCCOC. The molecule has 0 bridgehead atoms. The molecule has 0 saturated carbocycles. The van der Waals surface area contributed by atoms with E-state index in [1.165, 1.54) is 0 Å². The van der Waals surface area contributed by atoms with Crippen molar-refractivity contribution in [3.8, 4) is 0 Å². The first-order valence-corrected chi connectivity index (χ1v) is 7.42. The Morgan fingerprint density at radius 1 is 0.955 bits per heavy atom. The predicted molar refractivity (Wildman–Crippen MR) is 84.1 cm³/mol. The third kappa shape index (κ3) is 6.24. The normalized spacial score (nSPS) is 10.3. The van der Waals surface area contributed by atoms with Gasteiger partial charge >= 0.3 is 0 Å². The summed E-state index contributed by atoms with van der Waals surface area (Å²) in [6, 6.07) is 6.77. The summed E-state index contributed by atoms with van der Waals surface area (Å²) < 4.78 is 10.1. The van der Waals surface area contributed by atoms with Crippen molar-refractivity contribution in [1.82, 2.24) is 10.6 Å². The molecule has 2 N–H and O–H groups in total. The van der Waals surface area contributed by atoms with Crippen LogP contribution in [0.1, 0.15) is 34.1 Å². The Balaban J connectivity index is 2.52. The molecule has 0 heterocycles. The van der Waals surface area contributed by atoms with Crippen molar-refractivity contribution in [2.45, 2.75) is 13.3 Å². The molecule has 0 aliphatic heterocycles. The molecule has 6 heteroatoms.